The van der Waals surface area contributed by atoms with E-state index in [0.717, 1.165) is 73.4 Å². The standard InChI is InChI=1S/C24H27N7O2/c1-2-31-22(18-7-9-25-10-8-18)28-21-17-26-24(29-23(21)31)27-19-3-5-20(6-4-19)33-16-13-30-11-14-32-15-12-30/h3-10,17H,2,11-16H2,1H3,(H,26,27,29). The molecule has 9 nitrogen and oxygen atoms in total. The van der Waals surface area contributed by atoms with Gasteiger partial charge in [-0.1, -0.05) is 0 Å². The summed E-state index contributed by atoms with van der Waals surface area (Å²) in [5.74, 6) is 2.23. The zero-order valence-corrected chi connectivity index (χ0v) is 18.6. The van der Waals surface area contributed by atoms with Crippen molar-refractivity contribution in [1.82, 2.24) is 29.4 Å². The van der Waals surface area contributed by atoms with E-state index in [0.29, 0.717) is 12.6 Å². The number of morpholine rings is 1. The topological polar surface area (TPSA) is 90.2 Å². The Morgan fingerprint density at radius 3 is 2.58 bits per heavy atom. The quantitative estimate of drug-likeness (QED) is 0.442. The Bertz CT molecular complexity index is 1190. The molecule has 1 saturated heterocycles. The third-order valence-corrected chi connectivity index (χ3v) is 5.63. The van der Waals surface area contributed by atoms with Gasteiger partial charge in [0.1, 0.15) is 23.7 Å². The smallest absolute Gasteiger partial charge is 0.229 e. The second kappa shape index (κ2) is 9.93. The molecular weight excluding hydrogens is 418 g/mol. The molecule has 170 valence electrons. The minimum atomic E-state index is 0.527. The molecule has 0 aliphatic carbocycles. The molecule has 0 radical (unpaired) electrons. The minimum Gasteiger partial charge on any atom is -0.492 e. The Morgan fingerprint density at radius 1 is 1.03 bits per heavy atom. The van der Waals surface area contributed by atoms with Crippen LogP contribution in [-0.4, -0.2) is 68.9 Å². The molecule has 0 atom stereocenters. The van der Waals surface area contributed by atoms with E-state index < -0.39 is 0 Å². The molecule has 0 bridgehead atoms. The number of ether oxygens (including phenoxy) is 2. The van der Waals surface area contributed by atoms with E-state index in [9.17, 15) is 0 Å². The van der Waals surface area contributed by atoms with Crippen LogP contribution in [0.25, 0.3) is 22.6 Å². The molecule has 5 rings (SSSR count). The average molecular weight is 446 g/mol. The van der Waals surface area contributed by atoms with Gasteiger partial charge in [-0.05, 0) is 43.3 Å². The summed E-state index contributed by atoms with van der Waals surface area (Å²) < 4.78 is 13.4. The molecule has 1 aliphatic heterocycles. The largest absolute Gasteiger partial charge is 0.492 e. The number of anilines is 2. The molecule has 0 spiro atoms. The van der Waals surface area contributed by atoms with Crippen LogP contribution in [0, 0.1) is 0 Å². The monoisotopic (exact) mass is 445 g/mol. The van der Waals surface area contributed by atoms with Crippen molar-refractivity contribution in [3.8, 4) is 17.1 Å². The third kappa shape index (κ3) is 4.94. The lowest BCUT2D eigenvalue weighted by Gasteiger charge is -2.26. The number of aryl methyl sites for hydroxylation is 1. The summed E-state index contributed by atoms with van der Waals surface area (Å²) in [4.78, 5) is 20.4. The Labute approximate surface area is 192 Å². The minimum absolute atomic E-state index is 0.527. The number of hydrogen-bond acceptors (Lipinski definition) is 8. The first-order valence-corrected chi connectivity index (χ1v) is 11.2. The molecule has 3 aromatic heterocycles. The van der Waals surface area contributed by atoms with Crippen molar-refractivity contribution in [3.05, 3.63) is 55.0 Å². The van der Waals surface area contributed by atoms with Gasteiger partial charge in [0.2, 0.25) is 5.95 Å². The van der Waals surface area contributed by atoms with Crippen molar-refractivity contribution in [2.45, 2.75) is 13.5 Å². The SMILES string of the molecule is CCn1c(-c2ccncc2)nc2cnc(Nc3ccc(OCCN4CCOCC4)cc3)nc21. The predicted molar refractivity (Wildman–Crippen MR) is 127 cm³/mol. The average Bonchev–Trinajstić information content (AvgIpc) is 3.24. The number of nitrogens with zero attached hydrogens (tertiary/aromatic N) is 6. The second-order valence-corrected chi connectivity index (χ2v) is 7.77. The highest BCUT2D eigenvalue weighted by molar-refractivity contribution is 5.77. The molecule has 33 heavy (non-hydrogen) atoms. The molecule has 1 N–H and O–H groups in total. The van der Waals surface area contributed by atoms with Gasteiger partial charge in [-0.15, -0.1) is 0 Å². The van der Waals surface area contributed by atoms with Crippen LogP contribution in [0.1, 0.15) is 6.92 Å². The maximum Gasteiger partial charge on any atom is 0.229 e. The normalized spacial score (nSPS) is 14.5. The second-order valence-electron chi connectivity index (χ2n) is 7.77. The third-order valence-electron chi connectivity index (χ3n) is 5.63. The predicted octanol–water partition coefficient (Wildman–Crippen LogP) is 3.36. The van der Waals surface area contributed by atoms with Crippen molar-refractivity contribution < 1.29 is 9.47 Å². The van der Waals surface area contributed by atoms with Crippen LogP contribution in [0.15, 0.2) is 55.0 Å². The van der Waals surface area contributed by atoms with Gasteiger partial charge in [-0.3, -0.25) is 9.88 Å². The zero-order valence-electron chi connectivity index (χ0n) is 18.6. The van der Waals surface area contributed by atoms with Gasteiger partial charge in [0, 0.05) is 49.8 Å². The van der Waals surface area contributed by atoms with Gasteiger partial charge >= 0.3 is 0 Å². The van der Waals surface area contributed by atoms with Crippen LogP contribution >= 0.6 is 0 Å². The molecule has 0 unspecified atom stereocenters. The number of fused-ring (bicyclic) bond motifs is 1. The van der Waals surface area contributed by atoms with Crippen LogP contribution in [0.5, 0.6) is 5.75 Å². The van der Waals surface area contributed by atoms with Crippen LogP contribution in [0.2, 0.25) is 0 Å². The number of imidazole rings is 1. The van der Waals surface area contributed by atoms with Crippen LogP contribution in [0.3, 0.4) is 0 Å². The van der Waals surface area contributed by atoms with E-state index >= 15 is 0 Å². The van der Waals surface area contributed by atoms with Gasteiger partial charge in [0.25, 0.3) is 0 Å². The fourth-order valence-electron chi connectivity index (χ4n) is 3.88. The lowest BCUT2D eigenvalue weighted by Crippen LogP contribution is -2.38. The first-order valence-electron chi connectivity index (χ1n) is 11.2. The highest BCUT2D eigenvalue weighted by Gasteiger charge is 2.14. The number of nitrogens with one attached hydrogen (secondary N) is 1. The fraction of sp³-hybridized carbons (Fsp3) is 0.333. The van der Waals surface area contributed by atoms with E-state index in [1.54, 1.807) is 18.6 Å². The van der Waals surface area contributed by atoms with E-state index in [1.165, 1.54) is 0 Å². The molecule has 1 fully saturated rings. The number of benzene rings is 1. The van der Waals surface area contributed by atoms with Gasteiger partial charge < -0.3 is 19.4 Å². The molecule has 1 aliphatic rings. The lowest BCUT2D eigenvalue weighted by atomic mass is 10.2. The molecular formula is C24H27N7O2. The number of aromatic nitrogens is 5. The summed E-state index contributed by atoms with van der Waals surface area (Å²) >= 11 is 0. The van der Waals surface area contributed by atoms with E-state index in [1.807, 2.05) is 36.4 Å². The molecule has 1 aromatic carbocycles. The van der Waals surface area contributed by atoms with E-state index in [2.05, 4.69) is 31.7 Å². The number of pyridine rings is 1. The zero-order chi connectivity index (χ0) is 22.5. The summed E-state index contributed by atoms with van der Waals surface area (Å²) in [6.07, 6.45) is 5.29. The van der Waals surface area contributed by atoms with Crippen LogP contribution < -0.4 is 10.1 Å². The molecule has 0 amide bonds. The van der Waals surface area contributed by atoms with Crippen LogP contribution in [-0.2, 0) is 11.3 Å². The first kappa shape index (κ1) is 21.3. The maximum atomic E-state index is 5.89. The van der Waals surface area contributed by atoms with Gasteiger partial charge in [-0.25, -0.2) is 9.97 Å². The van der Waals surface area contributed by atoms with Gasteiger partial charge in [0.15, 0.2) is 5.65 Å². The van der Waals surface area contributed by atoms with Gasteiger partial charge in [0.05, 0.1) is 19.4 Å². The van der Waals surface area contributed by atoms with E-state index in [-0.39, 0.29) is 0 Å². The highest BCUT2D eigenvalue weighted by atomic mass is 16.5. The van der Waals surface area contributed by atoms with Crippen molar-refractivity contribution in [1.29, 1.82) is 0 Å². The summed E-state index contributed by atoms with van der Waals surface area (Å²) in [5, 5.41) is 3.28. The Balaban J connectivity index is 1.26. The van der Waals surface area contributed by atoms with Crippen molar-refractivity contribution in [2.24, 2.45) is 0 Å². The van der Waals surface area contributed by atoms with Crippen molar-refractivity contribution in [2.75, 3.05) is 44.8 Å². The summed E-state index contributed by atoms with van der Waals surface area (Å²) in [6, 6.07) is 11.7. The highest BCUT2D eigenvalue weighted by Crippen LogP contribution is 2.25. The summed E-state index contributed by atoms with van der Waals surface area (Å²) in [6.45, 7) is 7.95. The maximum absolute atomic E-state index is 5.89. The first-order chi connectivity index (χ1) is 16.3. The molecule has 9 heteroatoms. The lowest BCUT2D eigenvalue weighted by molar-refractivity contribution is 0.0322. The number of hydrogen-bond donors (Lipinski definition) is 1. The number of rotatable bonds is 8. The van der Waals surface area contributed by atoms with E-state index in [4.69, 9.17) is 19.4 Å². The Morgan fingerprint density at radius 2 is 1.82 bits per heavy atom. The fourth-order valence-corrected chi connectivity index (χ4v) is 3.88. The molecule has 4 aromatic rings. The van der Waals surface area contributed by atoms with Crippen LogP contribution in [0.4, 0.5) is 11.6 Å². The van der Waals surface area contributed by atoms with Crippen molar-refractivity contribution in [3.63, 3.8) is 0 Å². The van der Waals surface area contributed by atoms with Crippen molar-refractivity contribution >= 4 is 22.8 Å². The Hall–Kier alpha value is -3.56. The van der Waals surface area contributed by atoms with Gasteiger partial charge in [-0.2, -0.15) is 4.98 Å². The summed E-state index contributed by atoms with van der Waals surface area (Å²) in [5.41, 5.74) is 3.46. The summed E-state index contributed by atoms with van der Waals surface area (Å²) in [7, 11) is 0. The molecule has 0 saturated carbocycles. The Kier molecular flexibility index (Phi) is 6.41. The molecule has 4 heterocycles.